The molecule has 0 saturated heterocycles. The minimum atomic E-state index is 0.428. The molecule has 0 bridgehead atoms. The fourth-order valence-corrected chi connectivity index (χ4v) is 1.87. The molecule has 0 spiro atoms. The molecule has 4 nitrogen and oxygen atoms in total. The Bertz CT molecular complexity index is 383. The van der Waals surface area contributed by atoms with Gasteiger partial charge in [0.25, 0.3) is 0 Å². The normalized spacial score (nSPS) is 10.8. The van der Waals surface area contributed by atoms with Crippen LogP contribution in [0.5, 0.6) is 11.5 Å². The Morgan fingerprint density at radius 2 is 2.06 bits per heavy atom. The van der Waals surface area contributed by atoms with Crippen LogP contribution >= 0.6 is 11.6 Å². The molecule has 0 saturated carbocycles. The largest absolute Gasteiger partial charge is 0.493 e. The fourth-order valence-electron chi connectivity index (χ4n) is 1.59. The molecule has 2 N–H and O–H groups in total. The first-order chi connectivity index (χ1) is 8.58. The molecule has 0 aliphatic heterocycles. The van der Waals surface area contributed by atoms with Crippen LogP contribution in [0.3, 0.4) is 0 Å². The second kappa shape index (κ2) is 7.46. The van der Waals surface area contributed by atoms with Crippen molar-refractivity contribution in [1.29, 1.82) is 0 Å². The standard InChI is InChI=1S/C13H21ClN2O2/c1-16(2)5-4-6-18-13-11(14)7-10(9-15)8-12(13)17-3/h7-8H,4-6,9,15H2,1-3H3. The van der Waals surface area contributed by atoms with E-state index in [9.17, 15) is 0 Å². The summed E-state index contributed by atoms with van der Waals surface area (Å²) in [7, 11) is 5.66. The predicted octanol–water partition coefficient (Wildman–Crippen LogP) is 2.14. The van der Waals surface area contributed by atoms with E-state index in [1.165, 1.54) is 0 Å². The van der Waals surface area contributed by atoms with Crippen LogP contribution in [0.4, 0.5) is 0 Å². The predicted molar refractivity (Wildman–Crippen MR) is 74.6 cm³/mol. The second-order valence-corrected chi connectivity index (χ2v) is 4.73. The van der Waals surface area contributed by atoms with E-state index in [2.05, 4.69) is 4.90 Å². The highest BCUT2D eigenvalue weighted by atomic mass is 35.5. The fraction of sp³-hybridized carbons (Fsp3) is 0.538. The summed E-state index contributed by atoms with van der Waals surface area (Å²) >= 11 is 6.16. The van der Waals surface area contributed by atoms with Gasteiger partial charge >= 0.3 is 0 Å². The van der Waals surface area contributed by atoms with Crippen LogP contribution in [0.1, 0.15) is 12.0 Å². The van der Waals surface area contributed by atoms with Crippen LogP contribution in [0.15, 0.2) is 12.1 Å². The highest BCUT2D eigenvalue weighted by Gasteiger charge is 2.11. The van der Waals surface area contributed by atoms with Crippen LogP contribution < -0.4 is 15.2 Å². The first-order valence-corrected chi connectivity index (χ1v) is 6.30. The Balaban J connectivity index is 2.69. The van der Waals surface area contributed by atoms with Crippen molar-refractivity contribution in [2.45, 2.75) is 13.0 Å². The lowest BCUT2D eigenvalue weighted by atomic mass is 10.2. The van der Waals surface area contributed by atoms with Crippen LogP contribution in [-0.4, -0.2) is 39.3 Å². The number of nitrogens with two attached hydrogens (primary N) is 1. The molecule has 5 heteroatoms. The first kappa shape index (κ1) is 15.1. The molecule has 0 aromatic heterocycles. The summed E-state index contributed by atoms with van der Waals surface area (Å²) in [6.07, 6.45) is 0.936. The zero-order chi connectivity index (χ0) is 13.5. The SMILES string of the molecule is COc1cc(CN)cc(Cl)c1OCCCN(C)C. The minimum absolute atomic E-state index is 0.428. The molecule has 0 heterocycles. The van der Waals surface area contributed by atoms with Crippen molar-refractivity contribution in [3.05, 3.63) is 22.7 Å². The number of methoxy groups -OCH3 is 1. The van der Waals surface area contributed by atoms with E-state index in [4.69, 9.17) is 26.8 Å². The van der Waals surface area contributed by atoms with Crippen LogP contribution in [0, 0.1) is 0 Å². The molecule has 0 atom stereocenters. The third-order valence-electron chi connectivity index (χ3n) is 2.52. The molecule has 1 aromatic rings. The molecule has 0 radical (unpaired) electrons. The monoisotopic (exact) mass is 272 g/mol. The van der Waals surface area contributed by atoms with Gasteiger partial charge in [0.15, 0.2) is 11.5 Å². The third kappa shape index (κ3) is 4.37. The van der Waals surface area contributed by atoms with E-state index in [1.54, 1.807) is 7.11 Å². The maximum absolute atomic E-state index is 6.16. The average Bonchev–Trinajstić information content (AvgIpc) is 2.34. The zero-order valence-corrected chi connectivity index (χ0v) is 12.0. The number of hydrogen-bond donors (Lipinski definition) is 1. The Labute approximate surface area is 114 Å². The Kier molecular flexibility index (Phi) is 6.25. The molecule has 0 aliphatic carbocycles. The lowest BCUT2D eigenvalue weighted by Crippen LogP contribution is -2.15. The van der Waals surface area contributed by atoms with Crippen molar-refractivity contribution in [1.82, 2.24) is 4.90 Å². The number of nitrogens with zero attached hydrogens (tertiary/aromatic N) is 1. The maximum atomic E-state index is 6.16. The van der Waals surface area contributed by atoms with Gasteiger partial charge in [0, 0.05) is 13.1 Å². The number of halogens is 1. The smallest absolute Gasteiger partial charge is 0.179 e. The van der Waals surface area contributed by atoms with Crippen LogP contribution in [0.25, 0.3) is 0 Å². The summed E-state index contributed by atoms with van der Waals surface area (Å²) in [5.41, 5.74) is 6.52. The van der Waals surface area contributed by atoms with Gasteiger partial charge in [-0.1, -0.05) is 11.6 Å². The molecule has 18 heavy (non-hydrogen) atoms. The Morgan fingerprint density at radius 1 is 1.33 bits per heavy atom. The van der Waals surface area contributed by atoms with E-state index < -0.39 is 0 Å². The van der Waals surface area contributed by atoms with Crippen molar-refractivity contribution in [2.75, 3.05) is 34.4 Å². The second-order valence-electron chi connectivity index (χ2n) is 4.32. The zero-order valence-electron chi connectivity index (χ0n) is 11.2. The Hall–Kier alpha value is -0.970. The first-order valence-electron chi connectivity index (χ1n) is 5.92. The van der Waals surface area contributed by atoms with E-state index in [1.807, 2.05) is 26.2 Å². The lowest BCUT2D eigenvalue weighted by molar-refractivity contribution is 0.268. The van der Waals surface area contributed by atoms with E-state index in [0.29, 0.717) is 29.7 Å². The van der Waals surface area contributed by atoms with Gasteiger partial charge in [-0.25, -0.2) is 0 Å². The summed E-state index contributed by atoms with van der Waals surface area (Å²) in [4.78, 5) is 2.11. The van der Waals surface area contributed by atoms with Crippen LogP contribution in [0.2, 0.25) is 5.02 Å². The molecule has 1 rings (SSSR count). The van der Waals surface area contributed by atoms with Gasteiger partial charge in [-0.05, 0) is 38.2 Å². The van der Waals surface area contributed by atoms with Gasteiger partial charge < -0.3 is 20.1 Å². The molecule has 0 fully saturated rings. The van der Waals surface area contributed by atoms with Crippen molar-refractivity contribution in [3.63, 3.8) is 0 Å². The topological polar surface area (TPSA) is 47.7 Å². The third-order valence-corrected chi connectivity index (χ3v) is 2.80. The van der Waals surface area contributed by atoms with E-state index in [0.717, 1.165) is 18.5 Å². The molecule has 102 valence electrons. The van der Waals surface area contributed by atoms with Gasteiger partial charge in [-0.2, -0.15) is 0 Å². The summed E-state index contributed by atoms with van der Waals surface area (Å²) in [6, 6.07) is 3.67. The highest BCUT2D eigenvalue weighted by Crippen LogP contribution is 2.36. The molecule has 1 aromatic carbocycles. The minimum Gasteiger partial charge on any atom is -0.493 e. The average molecular weight is 273 g/mol. The maximum Gasteiger partial charge on any atom is 0.179 e. The van der Waals surface area contributed by atoms with Crippen molar-refractivity contribution >= 4 is 11.6 Å². The Morgan fingerprint density at radius 3 is 2.61 bits per heavy atom. The quantitative estimate of drug-likeness (QED) is 0.773. The number of benzene rings is 1. The van der Waals surface area contributed by atoms with Gasteiger partial charge in [0.05, 0.1) is 18.7 Å². The van der Waals surface area contributed by atoms with Gasteiger partial charge in [0.1, 0.15) is 0 Å². The van der Waals surface area contributed by atoms with Gasteiger partial charge in [-0.15, -0.1) is 0 Å². The van der Waals surface area contributed by atoms with E-state index >= 15 is 0 Å². The van der Waals surface area contributed by atoms with Crippen LogP contribution in [-0.2, 0) is 6.54 Å². The number of ether oxygens (including phenoxy) is 2. The lowest BCUT2D eigenvalue weighted by Gasteiger charge is -2.15. The molecular formula is C13H21ClN2O2. The summed E-state index contributed by atoms with van der Waals surface area (Å²) in [5, 5.41) is 0.541. The molecular weight excluding hydrogens is 252 g/mol. The molecule has 0 aliphatic rings. The summed E-state index contributed by atoms with van der Waals surface area (Å²) in [5.74, 6) is 1.22. The van der Waals surface area contributed by atoms with Gasteiger partial charge in [-0.3, -0.25) is 0 Å². The summed E-state index contributed by atoms with van der Waals surface area (Å²) in [6.45, 7) is 2.01. The summed E-state index contributed by atoms with van der Waals surface area (Å²) < 4.78 is 11.0. The van der Waals surface area contributed by atoms with Crippen molar-refractivity contribution < 1.29 is 9.47 Å². The van der Waals surface area contributed by atoms with Crippen molar-refractivity contribution in [2.24, 2.45) is 5.73 Å². The van der Waals surface area contributed by atoms with E-state index in [-0.39, 0.29) is 0 Å². The number of hydrogen-bond acceptors (Lipinski definition) is 4. The number of rotatable bonds is 7. The highest BCUT2D eigenvalue weighted by molar-refractivity contribution is 6.32. The molecule has 0 unspecified atom stereocenters. The van der Waals surface area contributed by atoms with Crippen molar-refractivity contribution in [3.8, 4) is 11.5 Å². The molecule has 0 amide bonds. The van der Waals surface area contributed by atoms with Gasteiger partial charge in [0.2, 0.25) is 0 Å².